The summed E-state index contributed by atoms with van der Waals surface area (Å²) in [6, 6.07) is 13.9. The third-order valence-corrected chi connectivity index (χ3v) is 7.45. The van der Waals surface area contributed by atoms with E-state index in [2.05, 4.69) is 10.6 Å². The molecule has 7 nitrogen and oxygen atoms in total. The Labute approximate surface area is 209 Å². The first kappa shape index (κ1) is 24.0. The number of aromatic nitrogens is 1. The largest absolute Gasteiger partial charge is 0.351 e. The van der Waals surface area contributed by atoms with Gasteiger partial charge in [0.05, 0.1) is 17.7 Å². The molecule has 2 N–H and O–H groups in total. The van der Waals surface area contributed by atoms with Crippen LogP contribution in [0.15, 0.2) is 48.5 Å². The van der Waals surface area contributed by atoms with E-state index in [0.29, 0.717) is 10.9 Å². The molecule has 0 bridgehead atoms. The summed E-state index contributed by atoms with van der Waals surface area (Å²) in [5.74, 6) is -1.41. The third kappa shape index (κ3) is 4.25. The maximum Gasteiger partial charge on any atom is 0.273 e. The first-order valence-electron chi connectivity index (χ1n) is 12.5. The van der Waals surface area contributed by atoms with E-state index in [4.69, 9.17) is 0 Å². The second-order valence-corrected chi connectivity index (χ2v) is 10.1. The predicted octanol–water partition coefficient (Wildman–Crippen LogP) is 4.60. The number of nitrogens with one attached hydrogen (secondary N) is 2. The standard InChI is InChI=1S/C28H31FN4O3/c1-18(34)30-24-22-15-20(29)13-14-23(22)32-17-28(2,27(36)31-21-11-7-4-8-12-21)33(26(35)25(24)32)16-19-9-5-3-6-10-19/h3,5-6,9-10,13-15,21H,4,7-8,11-12,16-17H2,1-2H3,(H,30,34)(H,31,36)/t28-/m0/s1. The molecule has 1 aromatic heterocycles. The second-order valence-electron chi connectivity index (χ2n) is 10.1. The molecule has 1 saturated carbocycles. The molecule has 2 aromatic carbocycles. The van der Waals surface area contributed by atoms with Crippen molar-refractivity contribution < 1.29 is 18.8 Å². The third-order valence-electron chi connectivity index (χ3n) is 7.45. The molecule has 1 aliphatic carbocycles. The number of anilines is 1. The van der Waals surface area contributed by atoms with E-state index in [1.807, 2.05) is 30.3 Å². The molecule has 0 saturated heterocycles. The number of fused-ring (bicyclic) bond motifs is 3. The molecule has 1 aliphatic heterocycles. The van der Waals surface area contributed by atoms with Crippen LogP contribution in [-0.2, 0) is 22.7 Å². The molecule has 0 spiro atoms. The second kappa shape index (κ2) is 9.41. The van der Waals surface area contributed by atoms with Crippen molar-refractivity contribution in [3.05, 3.63) is 65.6 Å². The van der Waals surface area contributed by atoms with Crippen LogP contribution in [0.25, 0.3) is 10.9 Å². The molecule has 8 heteroatoms. The highest BCUT2D eigenvalue weighted by molar-refractivity contribution is 6.14. The van der Waals surface area contributed by atoms with Gasteiger partial charge in [0.25, 0.3) is 5.91 Å². The molecule has 5 rings (SSSR count). The van der Waals surface area contributed by atoms with Crippen molar-refractivity contribution in [3.63, 3.8) is 0 Å². The molecule has 3 aromatic rings. The predicted molar refractivity (Wildman–Crippen MR) is 136 cm³/mol. The molecular weight excluding hydrogens is 459 g/mol. The number of hydrogen-bond donors (Lipinski definition) is 2. The lowest BCUT2D eigenvalue weighted by Gasteiger charge is -2.45. The van der Waals surface area contributed by atoms with E-state index in [0.717, 1.165) is 31.2 Å². The normalized spacial score (nSPS) is 20.3. The Balaban J connectivity index is 1.64. The Kier molecular flexibility index (Phi) is 6.28. The van der Waals surface area contributed by atoms with Crippen LogP contribution in [0.1, 0.15) is 62.0 Å². The van der Waals surface area contributed by atoms with Gasteiger partial charge in [-0.15, -0.1) is 0 Å². The Morgan fingerprint density at radius 1 is 1.08 bits per heavy atom. The topological polar surface area (TPSA) is 83.4 Å². The van der Waals surface area contributed by atoms with Crippen LogP contribution in [0.3, 0.4) is 0 Å². The van der Waals surface area contributed by atoms with Gasteiger partial charge in [0.1, 0.15) is 17.1 Å². The molecule has 2 heterocycles. The quantitative estimate of drug-likeness (QED) is 0.548. The van der Waals surface area contributed by atoms with Crippen molar-refractivity contribution in [2.45, 2.75) is 70.6 Å². The number of hydrogen-bond acceptors (Lipinski definition) is 3. The van der Waals surface area contributed by atoms with Gasteiger partial charge in [0.2, 0.25) is 11.8 Å². The summed E-state index contributed by atoms with van der Waals surface area (Å²) in [5, 5.41) is 6.40. The van der Waals surface area contributed by atoms with Crippen LogP contribution in [0.4, 0.5) is 10.1 Å². The first-order chi connectivity index (χ1) is 17.3. The van der Waals surface area contributed by atoms with Gasteiger partial charge in [0.15, 0.2) is 0 Å². The molecular formula is C28H31FN4O3. The lowest BCUT2D eigenvalue weighted by atomic mass is 9.91. The van der Waals surface area contributed by atoms with Crippen molar-refractivity contribution >= 4 is 34.3 Å². The number of nitrogens with zero attached hydrogens (tertiary/aromatic N) is 2. The number of halogens is 1. The Morgan fingerprint density at radius 2 is 1.81 bits per heavy atom. The fourth-order valence-corrected chi connectivity index (χ4v) is 5.56. The van der Waals surface area contributed by atoms with Gasteiger partial charge in [-0.05, 0) is 43.5 Å². The summed E-state index contributed by atoms with van der Waals surface area (Å²) in [6.45, 7) is 3.55. The average Bonchev–Trinajstić information content (AvgIpc) is 3.14. The lowest BCUT2D eigenvalue weighted by Crippen LogP contribution is -2.64. The van der Waals surface area contributed by atoms with Gasteiger partial charge in [-0.2, -0.15) is 0 Å². The minimum atomic E-state index is -1.19. The van der Waals surface area contributed by atoms with Gasteiger partial charge in [-0.3, -0.25) is 14.4 Å². The zero-order chi connectivity index (χ0) is 25.4. The van der Waals surface area contributed by atoms with Crippen molar-refractivity contribution in [1.29, 1.82) is 0 Å². The molecule has 1 fully saturated rings. The summed E-state index contributed by atoms with van der Waals surface area (Å²) in [6.07, 6.45) is 5.18. The molecule has 1 atom stereocenters. The fourth-order valence-electron chi connectivity index (χ4n) is 5.56. The Bertz CT molecular complexity index is 1330. The molecule has 0 radical (unpaired) electrons. The van der Waals surface area contributed by atoms with Crippen molar-refractivity contribution in [3.8, 4) is 0 Å². The van der Waals surface area contributed by atoms with E-state index < -0.39 is 11.4 Å². The molecule has 0 unspecified atom stereocenters. The number of rotatable bonds is 5. The number of carbonyl (C=O) groups is 3. The van der Waals surface area contributed by atoms with Crippen LogP contribution < -0.4 is 10.6 Å². The van der Waals surface area contributed by atoms with Gasteiger partial charge in [0, 0.05) is 24.9 Å². The Hall–Kier alpha value is -3.68. The minimum absolute atomic E-state index is 0.0867. The summed E-state index contributed by atoms with van der Waals surface area (Å²) in [5.41, 5.74) is 0.823. The van der Waals surface area contributed by atoms with Gasteiger partial charge in [-0.1, -0.05) is 49.6 Å². The summed E-state index contributed by atoms with van der Waals surface area (Å²) in [4.78, 5) is 41.7. The van der Waals surface area contributed by atoms with Crippen molar-refractivity contribution in [2.75, 3.05) is 5.32 Å². The highest BCUT2D eigenvalue weighted by atomic mass is 19.1. The van der Waals surface area contributed by atoms with Gasteiger partial charge >= 0.3 is 0 Å². The highest BCUT2D eigenvalue weighted by Gasteiger charge is 2.49. The van der Waals surface area contributed by atoms with Crippen molar-refractivity contribution in [1.82, 2.24) is 14.8 Å². The van der Waals surface area contributed by atoms with Crippen LogP contribution >= 0.6 is 0 Å². The highest BCUT2D eigenvalue weighted by Crippen LogP contribution is 2.40. The summed E-state index contributed by atoms with van der Waals surface area (Å²) < 4.78 is 16.0. The zero-order valence-corrected chi connectivity index (χ0v) is 20.6. The average molecular weight is 491 g/mol. The van der Waals surface area contributed by atoms with E-state index in [-0.39, 0.29) is 48.2 Å². The molecule has 36 heavy (non-hydrogen) atoms. The maximum absolute atomic E-state index is 14.2. The summed E-state index contributed by atoms with van der Waals surface area (Å²) in [7, 11) is 0. The summed E-state index contributed by atoms with van der Waals surface area (Å²) >= 11 is 0. The van der Waals surface area contributed by atoms with E-state index >= 15 is 0 Å². The zero-order valence-electron chi connectivity index (χ0n) is 20.6. The van der Waals surface area contributed by atoms with E-state index in [9.17, 15) is 18.8 Å². The number of amides is 3. The van der Waals surface area contributed by atoms with E-state index in [1.54, 1.807) is 22.5 Å². The van der Waals surface area contributed by atoms with E-state index in [1.165, 1.54) is 25.5 Å². The Morgan fingerprint density at radius 3 is 2.50 bits per heavy atom. The number of carbonyl (C=O) groups excluding carboxylic acids is 3. The van der Waals surface area contributed by atoms with Crippen molar-refractivity contribution in [2.24, 2.45) is 0 Å². The lowest BCUT2D eigenvalue weighted by molar-refractivity contribution is -0.134. The van der Waals surface area contributed by atoms with Crippen LogP contribution in [0.2, 0.25) is 0 Å². The SMILES string of the molecule is CC(=O)Nc1c2n(c3ccc(F)cc13)C[C@@](C)(C(=O)NC1CCCCC1)N(Cc1ccccc1)C2=O. The molecule has 2 aliphatic rings. The first-order valence-corrected chi connectivity index (χ1v) is 12.5. The smallest absolute Gasteiger partial charge is 0.273 e. The van der Waals surface area contributed by atoms with Gasteiger partial charge < -0.3 is 20.1 Å². The fraction of sp³-hybridized carbons (Fsp3) is 0.393. The molecule has 3 amide bonds. The van der Waals surface area contributed by atoms with Crippen LogP contribution in [0, 0.1) is 5.82 Å². The minimum Gasteiger partial charge on any atom is -0.351 e. The van der Waals surface area contributed by atoms with Crippen LogP contribution in [-0.4, -0.2) is 38.8 Å². The maximum atomic E-state index is 14.2. The number of benzene rings is 2. The van der Waals surface area contributed by atoms with Gasteiger partial charge in [-0.25, -0.2) is 4.39 Å². The van der Waals surface area contributed by atoms with Crippen LogP contribution in [0.5, 0.6) is 0 Å². The molecule has 188 valence electrons. The monoisotopic (exact) mass is 490 g/mol.